The van der Waals surface area contributed by atoms with Crippen LogP contribution in [0.25, 0.3) is 10.8 Å². The van der Waals surface area contributed by atoms with Crippen LogP contribution in [0.5, 0.6) is 0 Å². The Morgan fingerprint density at radius 2 is 1.57 bits per heavy atom. The van der Waals surface area contributed by atoms with E-state index < -0.39 is 5.54 Å². The first kappa shape index (κ1) is 15.2. The molecule has 116 valence electrons. The van der Waals surface area contributed by atoms with E-state index in [1.54, 1.807) is 38.1 Å². The number of nitrogens with one attached hydrogen (secondary N) is 1. The van der Waals surface area contributed by atoms with E-state index in [2.05, 4.69) is 5.32 Å². The van der Waals surface area contributed by atoms with Crippen LogP contribution in [-0.4, -0.2) is 5.91 Å². The minimum Gasteiger partial charge on any atom is -0.343 e. The van der Waals surface area contributed by atoms with Crippen molar-refractivity contribution in [2.24, 2.45) is 0 Å². The fraction of sp³-hybridized carbons (Fsp3) is 0.150. The number of hydrogen-bond acceptors (Lipinski definition) is 1. The maximum Gasteiger partial charge on any atom is 0.252 e. The molecule has 1 N–H and O–H groups in total. The van der Waals surface area contributed by atoms with Gasteiger partial charge in [-0.15, -0.1) is 0 Å². The van der Waals surface area contributed by atoms with Crippen molar-refractivity contribution in [2.45, 2.75) is 19.4 Å². The van der Waals surface area contributed by atoms with Gasteiger partial charge < -0.3 is 5.32 Å². The number of carbonyl (C=O) groups excluding carboxylic acids is 1. The normalized spacial score (nSPS) is 11.4. The third-order valence-electron chi connectivity index (χ3n) is 4.01. The van der Waals surface area contributed by atoms with Crippen molar-refractivity contribution in [3.8, 4) is 0 Å². The Balaban J connectivity index is 1.96. The van der Waals surface area contributed by atoms with Crippen molar-refractivity contribution in [1.29, 1.82) is 0 Å². The van der Waals surface area contributed by atoms with Gasteiger partial charge >= 0.3 is 0 Å². The molecule has 0 saturated heterocycles. The van der Waals surface area contributed by atoms with Crippen molar-refractivity contribution < 1.29 is 9.18 Å². The Labute approximate surface area is 135 Å². The molecule has 0 aliphatic heterocycles. The van der Waals surface area contributed by atoms with Gasteiger partial charge in [-0.2, -0.15) is 0 Å². The maximum atomic E-state index is 14.0. The fourth-order valence-corrected chi connectivity index (χ4v) is 2.81. The molecule has 23 heavy (non-hydrogen) atoms. The van der Waals surface area contributed by atoms with Crippen LogP contribution in [0.4, 0.5) is 4.39 Å². The highest BCUT2D eigenvalue weighted by Crippen LogP contribution is 2.25. The highest BCUT2D eigenvalue weighted by Gasteiger charge is 2.26. The number of fused-ring (bicyclic) bond motifs is 1. The maximum absolute atomic E-state index is 14.0. The van der Waals surface area contributed by atoms with E-state index in [0.29, 0.717) is 11.1 Å². The second kappa shape index (κ2) is 5.84. The van der Waals surface area contributed by atoms with E-state index in [1.165, 1.54) is 6.07 Å². The van der Waals surface area contributed by atoms with Gasteiger partial charge in [0.2, 0.25) is 0 Å². The molecule has 3 rings (SSSR count). The third kappa shape index (κ3) is 2.95. The van der Waals surface area contributed by atoms with Crippen LogP contribution in [0.15, 0.2) is 66.7 Å². The molecule has 0 atom stereocenters. The Hall–Kier alpha value is -2.68. The van der Waals surface area contributed by atoms with E-state index in [1.807, 2.05) is 36.4 Å². The van der Waals surface area contributed by atoms with Crippen molar-refractivity contribution in [3.05, 3.63) is 83.7 Å². The standard InChI is InChI=1S/C20H18FNO/c1-20(2,17-12-5-6-13-18(17)21)22-19(23)16-11-7-9-14-8-3-4-10-15(14)16/h3-13H,1-2H3,(H,22,23). The van der Waals surface area contributed by atoms with E-state index in [0.717, 1.165) is 10.8 Å². The Morgan fingerprint density at radius 1 is 0.913 bits per heavy atom. The second-order valence-electron chi connectivity index (χ2n) is 6.09. The summed E-state index contributed by atoms with van der Waals surface area (Å²) < 4.78 is 14.0. The van der Waals surface area contributed by atoms with Crippen LogP contribution in [0.1, 0.15) is 29.8 Å². The van der Waals surface area contributed by atoms with Gasteiger partial charge in [-0.05, 0) is 36.8 Å². The quantitative estimate of drug-likeness (QED) is 0.750. The Morgan fingerprint density at radius 3 is 2.35 bits per heavy atom. The molecule has 2 nitrogen and oxygen atoms in total. The average molecular weight is 307 g/mol. The molecule has 3 heteroatoms. The van der Waals surface area contributed by atoms with E-state index >= 15 is 0 Å². The number of amides is 1. The Kier molecular flexibility index (Phi) is 3.87. The summed E-state index contributed by atoms with van der Waals surface area (Å²) in [6, 6.07) is 19.8. The number of halogens is 1. The van der Waals surface area contributed by atoms with Crippen LogP contribution in [0.2, 0.25) is 0 Å². The molecule has 3 aromatic carbocycles. The summed E-state index contributed by atoms with van der Waals surface area (Å²) in [5, 5.41) is 4.83. The highest BCUT2D eigenvalue weighted by molar-refractivity contribution is 6.07. The minimum atomic E-state index is -0.806. The molecular formula is C20H18FNO. The zero-order chi connectivity index (χ0) is 16.4. The largest absolute Gasteiger partial charge is 0.343 e. The zero-order valence-corrected chi connectivity index (χ0v) is 13.1. The van der Waals surface area contributed by atoms with Gasteiger partial charge in [0, 0.05) is 11.1 Å². The summed E-state index contributed by atoms with van der Waals surface area (Å²) in [6.45, 7) is 3.60. The Bertz CT molecular complexity index is 865. The summed E-state index contributed by atoms with van der Waals surface area (Å²) in [5.74, 6) is -0.536. The first-order valence-electron chi connectivity index (χ1n) is 7.54. The molecule has 0 radical (unpaired) electrons. The van der Waals surface area contributed by atoms with Crippen LogP contribution in [0, 0.1) is 5.82 Å². The monoisotopic (exact) mass is 307 g/mol. The average Bonchev–Trinajstić information content (AvgIpc) is 2.54. The second-order valence-corrected chi connectivity index (χ2v) is 6.09. The first-order chi connectivity index (χ1) is 11.0. The number of carbonyl (C=O) groups is 1. The van der Waals surface area contributed by atoms with Gasteiger partial charge in [0.05, 0.1) is 5.54 Å². The summed E-state index contributed by atoms with van der Waals surface area (Å²) >= 11 is 0. The molecule has 0 unspecified atom stereocenters. The fourth-order valence-electron chi connectivity index (χ4n) is 2.81. The molecule has 0 spiro atoms. The van der Waals surface area contributed by atoms with Crippen molar-refractivity contribution in [2.75, 3.05) is 0 Å². The topological polar surface area (TPSA) is 29.1 Å². The van der Waals surface area contributed by atoms with Gasteiger partial charge in [0.25, 0.3) is 5.91 Å². The van der Waals surface area contributed by atoms with Crippen LogP contribution in [0.3, 0.4) is 0 Å². The summed E-state index contributed by atoms with van der Waals surface area (Å²) in [4.78, 5) is 12.7. The first-order valence-corrected chi connectivity index (χ1v) is 7.54. The third-order valence-corrected chi connectivity index (χ3v) is 4.01. The summed E-state index contributed by atoms with van der Waals surface area (Å²) in [5.41, 5.74) is 0.250. The van der Waals surface area contributed by atoms with Gasteiger partial charge in [0.1, 0.15) is 5.82 Å². The van der Waals surface area contributed by atoms with Crippen LogP contribution >= 0.6 is 0 Å². The van der Waals surface area contributed by atoms with Crippen LogP contribution < -0.4 is 5.32 Å². The molecule has 0 aromatic heterocycles. The van der Waals surface area contributed by atoms with Crippen LogP contribution in [-0.2, 0) is 5.54 Å². The lowest BCUT2D eigenvalue weighted by atomic mass is 9.93. The van der Waals surface area contributed by atoms with Crippen molar-refractivity contribution >= 4 is 16.7 Å². The molecule has 0 aliphatic rings. The molecule has 0 fully saturated rings. The lowest BCUT2D eigenvalue weighted by Crippen LogP contribution is -2.41. The highest BCUT2D eigenvalue weighted by atomic mass is 19.1. The molecule has 0 aliphatic carbocycles. The molecule has 0 heterocycles. The molecule has 3 aromatic rings. The predicted octanol–water partition coefficient (Wildman–Crippen LogP) is 4.64. The predicted molar refractivity (Wildman–Crippen MR) is 90.8 cm³/mol. The molecule has 0 bridgehead atoms. The zero-order valence-electron chi connectivity index (χ0n) is 13.1. The lowest BCUT2D eigenvalue weighted by molar-refractivity contribution is 0.0912. The minimum absolute atomic E-state index is 0.213. The number of hydrogen-bond donors (Lipinski definition) is 1. The molecular weight excluding hydrogens is 289 g/mol. The smallest absolute Gasteiger partial charge is 0.252 e. The van der Waals surface area contributed by atoms with E-state index in [4.69, 9.17) is 0 Å². The SMILES string of the molecule is CC(C)(NC(=O)c1cccc2ccccc12)c1ccccc1F. The van der Waals surface area contributed by atoms with Crippen molar-refractivity contribution in [1.82, 2.24) is 5.32 Å². The lowest BCUT2D eigenvalue weighted by Gasteiger charge is -2.27. The number of rotatable bonds is 3. The van der Waals surface area contributed by atoms with Gasteiger partial charge in [-0.25, -0.2) is 4.39 Å². The molecule has 0 saturated carbocycles. The van der Waals surface area contributed by atoms with Crippen molar-refractivity contribution in [3.63, 3.8) is 0 Å². The summed E-state index contributed by atoms with van der Waals surface area (Å²) in [6.07, 6.45) is 0. The van der Waals surface area contributed by atoms with Gasteiger partial charge in [0.15, 0.2) is 0 Å². The van der Waals surface area contributed by atoms with Gasteiger partial charge in [-0.3, -0.25) is 4.79 Å². The van der Waals surface area contributed by atoms with E-state index in [-0.39, 0.29) is 11.7 Å². The van der Waals surface area contributed by atoms with Gasteiger partial charge in [-0.1, -0.05) is 54.6 Å². The summed E-state index contributed by atoms with van der Waals surface area (Å²) in [7, 11) is 0. The number of benzene rings is 3. The van der Waals surface area contributed by atoms with E-state index in [9.17, 15) is 9.18 Å². The molecule has 1 amide bonds.